The average molecular weight is 329 g/mol. The van der Waals surface area contributed by atoms with Gasteiger partial charge in [0.2, 0.25) is 5.91 Å². The number of hydrogen-bond donors (Lipinski definition) is 2. The molecule has 2 aromatic rings. The Morgan fingerprint density at radius 3 is 2.88 bits per heavy atom. The van der Waals surface area contributed by atoms with Crippen LogP contribution in [-0.2, 0) is 11.2 Å². The number of carbonyl (C=O) groups is 1. The van der Waals surface area contributed by atoms with Crippen LogP contribution in [0.5, 0.6) is 5.75 Å². The van der Waals surface area contributed by atoms with Crippen LogP contribution in [0.1, 0.15) is 31.9 Å². The highest BCUT2D eigenvalue weighted by Crippen LogP contribution is 2.22. The molecule has 1 fully saturated rings. The van der Waals surface area contributed by atoms with Gasteiger partial charge in [0, 0.05) is 43.0 Å². The van der Waals surface area contributed by atoms with Crippen LogP contribution < -0.4 is 10.1 Å². The highest BCUT2D eigenvalue weighted by atomic mass is 16.5. The molecule has 0 bridgehead atoms. The zero-order valence-corrected chi connectivity index (χ0v) is 14.4. The van der Waals surface area contributed by atoms with Crippen molar-refractivity contribution in [2.24, 2.45) is 0 Å². The van der Waals surface area contributed by atoms with Crippen molar-refractivity contribution in [3.8, 4) is 5.75 Å². The van der Waals surface area contributed by atoms with E-state index >= 15 is 0 Å². The Balaban J connectivity index is 1.52. The number of fused-ring (bicyclic) bond motifs is 1. The molecule has 0 radical (unpaired) electrons. The van der Waals surface area contributed by atoms with Gasteiger partial charge in [0.05, 0.1) is 0 Å². The number of hydrogen-bond acceptors (Lipinski definition) is 3. The molecule has 1 aromatic carbocycles. The number of likely N-dealkylation sites (tertiary alicyclic amines) is 1. The molecule has 2 heterocycles. The molecule has 1 aliphatic heterocycles. The second-order valence-electron chi connectivity index (χ2n) is 6.53. The largest absolute Gasteiger partial charge is 0.492 e. The lowest BCUT2D eigenvalue weighted by Crippen LogP contribution is -2.33. The first-order chi connectivity index (χ1) is 11.7. The first-order valence-electron chi connectivity index (χ1n) is 8.92. The maximum Gasteiger partial charge on any atom is 0.216 e. The number of aromatic nitrogens is 1. The van der Waals surface area contributed by atoms with E-state index in [-0.39, 0.29) is 5.91 Å². The van der Waals surface area contributed by atoms with E-state index in [0.29, 0.717) is 6.54 Å². The van der Waals surface area contributed by atoms with Gasteiger partial charge in [0.1, 0.15) is 12.4 Å². The quantitative estimate of drug-likeness (QED) is 0.821. The van der Waals surface area contributed by atoms with E-state index in [1.54, 1.807) is 6.92 Å². The Labute approximate surface area is 143 Å². The summed E-state index contributed by atoms with van der Waals surface area (Å²) in [6.07, 6.45) is 4.80. The Morgan fingerprint density at radius 2 is 2.08 bits per heavy atom. The number of benzene rings is 1. The smallest absolute Gasteiger partial charge is 0.216 e. The van der Waals surface area contributed by atoms with Gasteiger partial charge in [-0.1, -0.05) is 6.42 Å². The zero-order chi connectivity index (χ0) is 16.8. The summed E-state index contributed by atoms with van der Waals surface area (Å²) >= 11 is 0. The van der Waals surface area contributed by atoms with E-state index in [0.717, 1.165) is 41.9 Å². The monoisotopic (exact) mass is 329 g/mol. The van der Waals surface area contributed by atoms with Gasteiger partial charge in [-0.05, 0) is 50.2 Å². The molecule has 0 unspecified atom stereocenters. The maximum absolute atomic E-state index is 10.9. The van der Waals surface area contributed by atoms with Crippen LogP contribution in [0.25, 0.3) is 10.9 Å². The third-order valence-corrected chi connectivity index (χ3v) is 4.54. The summed E-state index contributed by atoms with van der Waals surface area (Å²) in [5.41, 5.74) is 2.24. The van der Waals surface area contributed by atoms with E-state index in [9.17, 15) is 4.79 Å². The molecule has 0 spiro atoms. The zero-order valence-electron chi connectivity index (χ0n) is 14.4. The molecule has 3 rings (SSSR count). The van der Waals surface area contributed by atoms with Crippen LogP contribution in [0.15, 0.2) is 24.3 Å². The number of rotatable bonds is 7. The number of ether oxygens (including phenoxy) is 1. The van der Waals surface area contributed by atoms with E-state index in [1.165, 1.54) is 32.4 Å². The molecule has 2 N–H and O–H groups in total. The number of aromatic amines is 1. The maximum atomic E-state index is 10.9. The van der Waals surface area contributed by atoms with Gasteiger partial charge >= 0.3 is 0 Å². The van der Waals surface area contributed by atoms with Gasteiger partial charge in [0.25, 0.3) is 0 Å². The Kier molecular flexibility index (Phi) is 5.75. The van der Waals surface area contributed by atoms with Crippen molar-refractivity contribution in [1.82, 2.24) is 15.2 Å². The minimum atomic E-state index is 0.00972. The summed E-state index contributed by atoms with van der Waals surface area (Å²) in [4.78, 5) is 16.8. The molecule has 0 aliphatic carbocycles. The average Bonchev–Trinajstić information content (AvgIpc) is 2.97. The van der Waals surface area contributed by atoms with Gasteiger partial charge < -0.3 is 15.0 Å². The van der Waals surface area contributed by atoms with Crippen LogP contribution in [-0.4, -0.2) is 48.6 Å². The fourth-order valence-electron chi connectivity index (χ4n) is 3.24. The van der Waals surface area contributed by atoms with Crippen LogP contribution in [0.3, 0.4) is 0 Å². The first-order valence-corrected chi connectivity index (χ1v) is 8.92. The molecule has 130 valence electrons. The molecule has 1 amide bonds. The van der Waals surface area contributed by atoms with Crippen LogP contribution in [0, 0.1) is 0 Å². The number of amides is 1. The highest BCUT2D eigenvalue weighted by molar-refractivity contribution is 5.82. The Bertz CT molecular complexity index is 674. The summed E-state index contributed by atoms with van der Waals surface area (Å²) in [5, 5.41) is 3.98. The van der Waals surface area contributed by atoms with E-state index < -0.39 is 0 Å². The second kappa shape index (κ2) is 8.20. The topological polar surface area (TPSA) is 57.4 Å². The minimum Gasteiger partial charge on any atom is -0.492 e. The van der Waals surface area contributed by atoms with Gasteiger partial charge in [0.15, 0.2) is 0 Å². The van der Waals surface area contributed by atoms with Gasteiger partial charge in [-0.3, -0.25) is 9.69 Å². The van der Waals surface area contributed by atoms with Gasteiger partial charge in [-0.25, -0.2) is 0 Å². The predicted molar refractivity (Wildman–Crippen MR) is 96.5 cm³/mol. The van der Waals surface area contributed by atoms with Crippen LogP contribution in [0.2, 0.25) is 0 Å². The number of nitrogens with one attached hydrogen (secondary N) is 2. The summed E-state index contributed by atoms with van der Waals surface area (Å²) in [7, 11) is 0. The SMILES string of the molecule is CC(=O)NCCc1cc2cc(OCCN3CCCCC3)ccc2[nH]1. The summed E-state index contributed by atoms with van der Waals surface area (Å²) in [6, 6.07) is 8.30. The normalized spacial score (nSPS) is 15.5. The Hall–Kier alpha value is -2.01. The molecular weight excluding hydrogens is 302 g/mol. The summed E-state index contributed by atoms with van der Waals surface area (Å²) in [6.45, 7) is 6.36. The number of carbonyl (C=O) groups excluding carboxylic acids is 1. The van der Waals surface area contributed by atoms with Crippen LogP contribution in [0.4, 0.5) is 0 Å². The number of H-pyrrole nitrogens is 1. The van der Waals surface area contributed by atoms with Crippen LogP contribution >= 0.6 is 0 Å². The standard InChI is InChI=1S/C19H27N3O2/c1-15(23)20-8-7-17-13-16-14-18(5-6-19(16)21-17)24-12-11-22-9-3-2-4-10-22/h5-6,13-14,21H,2-4,7-12H2,1H3,(H,20,23). The van der Waals surface area contributed by atoms with Crippen molar-refractivity contribution in [2.45, 2.75) is 32.6 Å². The number of piperidine rings is 1. The lowest BCUT2D eigenvalue weighted by molar-refractivity contribution is -0.118. The second-order valence-corrected chi connectivity index (χ2v) is 6.53. The van der Waals surface area contributed by atoms with Crippen molar-refractivity contribution in [2.75, 3.05) is 32.8 Å². The van der Waals surface area contributed by atoms with Gasteiger partial charge in [-0.15, -0.1) is 0 Å². The van der Waals surface area contributed by atoms with Gasteiger partial charge in [-0.2, -0.15) is 0 Å². The minimum absolute atomic E-state index is 0.00972. The van der Waals surface area contributed by atoms with Crippen molar-refractivity contribution in [1.29, 1.82) is 0 Å². The van der Waals surface area contributed by atoms with Crippen molar-refractivity contribution in [3.05, 3.63) is 30.0 Å². The first kappa shape index (κ1) is 16.8. The molecule has 1 aliphatic rings. The van der Waals surface area contributed by atoms with E-state index in [2.05, 4.69) is 33.4 Å². The molecule has 5 nitrogen and oxygen atoms in total. The lowest BCUT2D eigenvalue weighted by atomic mass is 10.1. The van der Waals surface area contributed by atoms with E-state index in [4.69, 9.17) is 4.74 Å². The molecule has 0 atom stereocenters. The number of nitrogens with zero attached hydrogens (tertiary/aromatic N) is 1. The summed E-state index contributed by atoms with van der Waals surface area (Å²) in [5.74, 6) is 0.933. The molecule has 1 aromatic heterocycles. The highest BCUT2D eigenvalue weighted by Gasteiger charge is 2.09. The molecule has 0 saturated carbocycles. The molecular formula is C19H27N3O2. The van der Waals surface area contributed by atoms with Crippen molar-refractivity contribution in [3.63, 3.8) is 0 Å². The fraction of sp³-hybridized carbons (Fsp3) is 0.526. The predicted octanol–water partition coefficient (Wildman–Crippen LogP) is 2.71. The summed E-state index contributed by atoms with van der Waals surface area (Å²) < 4.78 is 5.93. The fourth-order valence-corrected chi connectivity index (χ4v) is 3.24. The third-order valence-electron chi connectivity index (χ3n) is 4.54. The third kappa shape index (κ3) is 4.74. The Morgan fingerprint density at radius 1 is 1.25 bits per heavy atom. The molecule has 5 heteroatoms. The van der Waals surface area contributed by atoms with Crippen molar-refractivity contribution < 1.29 is 9.53 Å². The molecule has 24 heavy (non-hydrogen) atoms. The molecule has 1 saturated heterocycles. The lowest BCUT2D eigenvalue weighted by Gasteiger charge is -2.26. The van der Waals surface area contributed by atoms with E-state index in [1.807, 2.05) is 6.07 Å². The van der Waals surface area contributed by atoms with Crippen molar-refractivity contribution >= 4 is 16.8 Å².